The lowest BCUT2D eigenvalue weighted by Crippen LogP contribution is -2.45. The first-order chi connectivity index (χ1) is 11.2. The number of carbonyl (C=O) groups is 1. The van der Waals surface area contributed by atoms with Crippen LogP contribution in [0.4, 0.5) is 0 Å². The molecule has 3 fully saturated rings. The predicted molar refractivity (Wildman–Crippen MR) is 91.8 cm³/mol. The molecule has 0 amide bonds. The summed E-state index contributed by atoms with van der Waals surface area (Å²) in [5.41, 5.74) is 1.97. The molecule has 1 unspecified atom stereocenters. The molecule has 6 heteroatoms. The molecule has 0 bridgehead atoms. The number of hydrogen-bond donors (Lipinski definition) is 1. The molecule has 5 atom stereocenters. The van der Waals surface area contributed by atoms with Crippen molar-refractivity contribution in [2.75, 3.05) is 0 Å². The van der Waals surface area contributed by atoms with Crippen molar-refractivity contribution in [1.82, 2.24) is 0 Å². The first-order valence-electron chi connectivity index (χ1n) is 8.78. The van der Waals surface area contributed by atoms with Crippen molar-refractivity contribution in [3.8, 4) is 0 Å². The largest absolute Gasteiger partial charge is 0.370 e. The fourth-order valence-corrected chi connectivity index (χ4v) is 6.64. The first kappa shape index (κ1) is 16.8. The molecule has 132 valence electrons. The fraction of sp³-hybridized carbons (Fsp3) is 0.722. The highest BCUT2D eigenvalue weighted by Gasteiger charge is 2.55. The molecule has 24 heavy (non-hydrogen) atoms. The van der Waals surface area contributed by atoms with Crippen LogP contribution in [0.3, 0.4) is 0 Å². The van der Waals surface area contributed by atoms with Gasteiger partial charge in [0.25, 0.3) is 9.05 Å². The predicted octanol–water partition coefficient (Wildman–Crippen LogP) is 3.31. The van der Waals surface area contributed by atoms with E-state index in [0.717, 1.165) is 37.7 Å². The molecule has 4 rings (SSSR count). The van der Waals surface area contributed by atoms with E-state index in [1.807, 2.05) is 6.08 Å². The Morgan fingerprint density at radius 3 is 2.71 bits per heavy atom. The normalized spacial score (nSPS) is 45.0. The SMILES string of the molecule is C[C@]12CC[C@@H]3C4=CCC(O)(S(=O)(=O)Cl)C=C4CC[C@H]3[C@@H]1CCC2=O. The highest BCUT2D eigenvalue weighted by Crippen LogP contribution is 2.60. The van der Waals surface area contributed by atoms with Crippen molar-refractivity contribution in [3.05, 3.63) is 23.3 Å². The molecule has 0 aliphatic heterocycles. The third-order valence-electron chi connectivity index (χ3n) is 7.10. The number of aliphatic hydroxyl groups is 1. The zero-order valence-electron chi connectivity index (χ0n) is 13.8. The monoisotopic (exact) mass is 370 g/mol. The highest BCUT2D eigenvalue weighted by atomic mass is 35.7. The molecule has 0 radical (unpaired) electrons. The Balaban J connectivity index is 1.66. The second kappa shape index (κ2) is 5.18. The second-order valence-electron chi connectivity index (χ2n) is 8.15. The molecule has 0 saturated heterocycles. The smallest absolute Gasteiger partial charge is 0.266 e. The summed E-state index contributed by atoms with van der Waals surface area (Å²) in [5.74, 6) is 1.75. The Hall–Kier alpha value is -0.650. The van der Waals surface area contributed by atoms with Crippen LogP contribution in [0.1, 0.15) is 51.9 Å². The molecular weight excluding hydrogens is 348 g/mol. The molecule has 0 aromatic carbocycles. The third-order valence-corrected chi connectivity index (χ3v) is 9.03. The maximum Gasteiger partial charge on any atom is 0.266 e. The summed E-state index contributed by atoms with van der Waals surface area (Å²) in [6.07, 6.45) is 8.65. The minimum Gasteiger partial charge on any atom is -0.370 e. The average molecular weight is 371 g/mol. The minimum absolute atomic E-state index is 0.0156. The summed E-state index contributed by atoms with van der Waals surface area (Å²) in [6, 6.07) is 0. The lowest BCUT2D eigenvalue weighted by molar-refractivity contribution is -0.129. The van der Waals surface area contributed by atoms with E-state index in [-0.39, 0.29) is 11.8 Å². The van der Waals surface area contributed by atoms with Crippen molar-refractivity contribution in [2.45, 2.75) is 56.8 Å². The van der Waals surface area contributed by atoms with Gasteiger partial charge in [0.2, 0.25) is 4.93 Å². The van der Waals surface area contributed by atoms with E-state index in [9.17, 15) is 18.3 Å². The van der Waals surface area contributed by atoms with E-state index in [1.54, 1.807) is 0 Å². The van der Waals surface area contributed by atoms with Gasteiger partial charge in [0, 0.05) is 28.9 Å². The van der Waals surface area contributed by atoms with Gasteiger partial charge < -0.3 is 5.11 Å². The van der Waals surface area contributed by atoms with Gasteiger partial charge in [0.15, 0.2) is 0 Å². The summed E-state index contributed by atoms with van der Waals surface area (Å²) < 4.78 is 23.4. The van der Waals surface area contributed by atoms with Gasteiger partial charge in [-0.3, -0.25) is 4.79 Å². The summed E-state index contributed by atoms with van der Waals surface area (Å²) in [4.78, 5) is 10.4. The standard InChI is InChI=1S/C18H23ClO4S/c1-17-8-6-13-12-7-9-18(21,24(19,22)23)10-11(12)2-3-14(13)15(17)4-5-16(17)20/h7,10,13-15,21H,2-6,8-9H2,1H3/t13-,14-,15+,17+,18?/m1/s1. The van der Waals surface area contributed by atoms with Crippen LogP contribution in [0.2, 0.25) is 0 Å². The third kappa shape index (κ3) is 2.20. The van der Waals surface area contributed by atoms with Crippen molar-refractivity contribution < 1.29 is 18.3 Å². The quantitative estimate of drug-likeness (QED) is 0.719. The topological polar surface area (TPSA) is 71.4 Å². The maximum absolute atomic E-state index is 12.3. The number of allylic oxidation sites excluding steroid dienone is 2. The summed E-state index contributed by atoms with van der Waals surface area (Å²) in [5, 5.41) is 10.4. The van der Waals surface area contributed by atoms with Crippen LogP contribution < -0.4 is 0 Å². The Kier molecular flexibility index (Phi) is 3.63. The van der Waals surface area contributed by atoms with Crippen LogP contribution in [0.15, 0.2) is 23.3 Å². The van der Waals surface area contributed by atoms with Crippen LogP contribution in [0, 0.1) is 23.2 Å². The van der Waals surface area contributed by atoms with Crippen LogP contribution in [-0.4, -0.2) is 24.2 Å². The number of fused-ring (bicyclic) bond motifs is 5. The van der Waals surface area contributed by atoms with Gasteiger partial charge in [-0.25, -0.2) is 8.42 Å². The molecule has 3 saturated carbocycles. The van der Waals surface area contributed by atoms with E-state index < -0.39 is 14.0 Å². The fourth-order valence-electron chi connectivity index (χ4n) is 5.75. The molecular formula is C18H23ClO4S. The summed E-state index contributed by atoms with van der Waals surface area (Å²) >= 11 is 0. The van der Waals surface area contributed by atoms with Crippen LogP contribution in [0.5, 0.6) is 0 Å². The number of hydrogen-bond acceptors (Lipinski definition) is 4. The average Bonchev–Trinajstić information content (AvgIpc) is 2.81. The number of Topliss-reactive ketones (excluding diaryl/α,β-unsaturated/α-hetero) is 1. The van der Waals surface area contributed by atoms with Gasteiger partial charge in [0.05, 0.1) is 0 Å². The number of rotatable bonds is 1. The number of ketones is 1. The Morgan fingerprint density at radius 2 is 2.00 bits per heavy atom. The van der Waals surface area contributed by atoms with Crippen LogP contribution >= 0.6 is 10.7 Å². The Bertz CT molecular complexity index is 768. The van der Waals surface area contributed by atoms with E-state index in [2.05, 4.69) is 6.92 Å². The van der Waals surface area contributed by atoms with Gasteiger partial charge in [0.1, 0.15) is 5.78 Å². The molecule has 0 aromatic heterocycles. The zero-order valence-corrected chi connectivity index (χ0v) is 15.4. The summed E-state index contributed by atoms with van der Waals surface area (Å²) in [7, 11) is 1.37. The van der Waals surface area contributed by atoms with Crippen LogP contribution in [-0.2, 0) is 13.8 Å². The van der Waals surface area contributed by atoms with Gasteiger partial charge >= 0.3 is 0 Å². The molecule has 0 heterocycles. The van der Waals surface area contributed by atoms with Gasteiger partial charge in [-0.05, 0) is 67.1 Å². The van der Waals surface area contributed by atoms with Crippen molar-refractivity contribution >= 4 is 25.5 Å². The van der Waals surface area contributed by atoms with Crippen molar-refractivity contribution in [3.63, 3.8) is 0 Å². The maximum atomic E-state index is 12.3. The zero-order chi connectivity index (χ0) is 17.3. The lowest BCUT2D eigenvalue weighted by Gasteiger charge is -2.50. The minimum atomic E-state index is -4.07. The molecule has 0 aromatic rings. The van der Waals surface area contributed by atoms with Crippen molar-refractivity contribution in [1.29, 1.82) is 0 Å². The highest BCUT2D eigenvalue weighted by molar-refractivity contribution is 8.14. The first-order valence-corrected chi connectivity index (χ1v) is 11.1. The van der Waals surface area contributed by atoms with E-state index in [4.69, 9.17) is 10.7 Å². The van der Waals surface area contributed by atoms with Gasteiger partial charge in [-0.15, -0.1) is 0 Å². The summed E-state index contributed by atoms with van der Waals surface area (Å²) in [6.45, 7) is 2.14. The molecule has 1 N–H and O–H groups in total. The van der Waals surface area contributed by atoms with E-state index in [1.165, 1.54) is 11.6 Å². The van der Waals surface area contributed by atoms with Crippen molar-refractivity contribution in [2.24, 2.45) is 23.2 Å². The molecule has 0 spiro atoms. The van der Waals surface area contributed by atoms with Gasteiger partial charge in [-0.1, -0.05) is 13.0 Å². The molecule has 4 nitrogen and oxygen atoms in total. The van der Waals surface area contributed by atoms with Crippen LogP contribution in [0.25, 0.3) is 0 Å². The number of halogens is 1. The van der Waals surface area contributed by atoms with E-state index >= 15 is 0 Å². The molecule has 4 aliphatic carbocycles. The Labute approximate surface area is 147 Å². The second-order valence-corrected chi connectivity index (χ2v) is 11.0. The molecule has 4 aliphatic rings. The Morgan fingerprint density at radius 1 is 1.25 bits per heavy atom. The van der Waals surface area contributed by atoms with Gasteiger partial charge in [-0.2, -0.15) is 0 Å². The lowest BCUT2D eigenvalue weighted by atomic mass is 9.54. The van der Waals surface area contributed by atoms with E-state index in [0.29, 0.717) is 30.0 Å². The number of carbonyl (C=O) groups excluding carboxylic acids is 1.